The van der Waals surface area contributed by atoms with Crippen LogP contribution in [-0.2, 0) is 12.8 Å². The number of alkyl halides is 1. The Morgan fingerprint density at radius 1 is 1.21 bits per heavy atom. The van der Waals surface area contributed by atoms with Crippen LogP contribution in [0, 0.1) is 11.3 Å². The molecule has 0 saturated carbocycles. The first-order valence-electron chi connectivity index (χ1n) is 4.65. The van der Waals surface area contributed by atoms with Crippen LogP contribution >= 0.6 is 0 Å². The van der Waals surface area contributed by atoms with E-state index in [1.54, 1.807) is 13.8 Å². The highest BCUT2D eigenvalue weighted by atomic mass is 19.1. The van der Waals surface area contributed by atoms with E-state index in [0.29, 0.717) is 12.8 Å². The van der Waals surface area contributed by atoms with Crippen molar-refractivity contribution in [2.24, 2.45) is 0 Å². The molecule has 0 atom stereocenters. The number of halogens is 1. The maximum absolute atomic E-state index is 13.3. The molecule has 0 N–H and O–H groups in total. The molecule has 0 spiro atoms. The Balaban J connectivity index is 2.70. The monoisotopic (exact) mass is 191 g/mol. The highest BCUT2D eigenvalue weighted by Crippen LogP contribution is 2.17. The predicted molar refractivity (Wildman–Crippen MR) is 54.7 cm³/mol. The molecule has 14 heavy (non-hydrogen) atoms. The van der Waals surface area contributed by atoms with E-state index in [0.717, 1.165) is 11.1 Å². The highest BCUT2D eigenvalue weighted by molar-refractivity contribution is 5.25. The molecule has 0 aliphatic carbocycles. The van der Waals surface area contributed by atoms with E-state index in [1.165, 1.54) is 0 Å². The lowest BCUT2D eigenvalue weighted by Gasteiger charge is -2.13. The summed E-state index contributed by atoms with van der Waals surface area (Å²) in [5.74, 6) is 0. The van der Waals surface area contributed by atoms with Gasteiger partial charge in [-0.25, -0.2) is 4.39 Å². The van der Waals surface area contributed by atoms with Crippen LogP contribution in [0.4, 0.5) is 4.39 Å². The van der Waals surface area contributed by atoms with Gasteiger partial charge in [0.25, 0.3) is 0 Å². The van der Waals surface area contributed by atoms with E-state index in [2.05, 4.69) is 6.07 Å². The van der Waals surface area contributed by atoms with Crippen molar-refractivity contribution in [3.05, 3.63) is 35.4 Å². The van der Waals surface area contributed by atoms with Gasteiger partial charge < -0.3 is 0 Å². The fourth-order valence-corrected chi connectivity index (χ4v) is 1.35. The van der Waals surface area contributed by atoms with Crippen molar-refractivity contribution in [3.63, 3.8) is 0 Å². The van der Waals surface area contributed by atoms with Gasteiger partial charge in [0.2, 0.25) is 0 Å². The Kier molecular flexibility index (Phi) is 3.24. The van der Waals surface area contributed by atoms with Gasteiger partial charge in [-0.15, -0.1) is 0 Å². The third-order valence-corrected chi connectivity index (χ3v) is 1.93. The fraction of sp³-hybridized carbons (Fsp3) is 0.417. The van der Waals surface area contributed by atoms with Crippen LogP contribution in [0.2, 0.25) is 0 Å². The minimum Gasteiger partial charge on any atom is -0.244 e. The number of hydrogen-bond donors (Lipinski definition) is 0. The summed E-state index contributed by atoms with van der Waals surface area (Å²) in [6, 6.07) is 9.60. The number of rotatable bonds is 3. The van der Waals surface area contributed by atoms with Crippen molar-refractivity contribution in [1.82, 2.24) is 0 Å². The van der Waals surface area contributed by atoms with E-state index >= 15 is 0 Å². The third-order valence-electron chi connectivity index (χ3n) is 1.93. The molecule has 0 radical (unpaired) electrons. The lowest BCUT2D eigenvalue weighted by atomic mass is 9.99. The second-order valence-electron chi connectivity index (χ2n) is 4.05. The van der Waals surface area contributed by atoms with Gasteiger partial charge in [-0.05, 0) is 25.0 Å². The van der Waals surface area contributed by atoms with Crippen LogP contribution in [-0.4, -0.2) is 5.67 Å². The van der Waals surface area contributed by atoms with Crippen LogP contribution in [0.3, 0.4) is 0 Å². The van der Waals surface area contributed by atoms with E-state index in [9.17, 15) is 4.39 Å². The Bertz CT molecular complexity index is 327. The van der Waals surface area contributed by atoms with Crippen LogP contribution in [0.5, 0.6) is 0 Å². The zero-order valence-electron chi connectivity index (χ0n) is 8.55. The summed E-state index contributed by atoms with van der Waals surface area (Å²) in [4.78, 5) is 0. The number of nitriles is 1. The first kappa shape index (κ1) is 10.7. The van der Waals surface area contributed by atoms with Crippen LogP contribution in [0.15, 0.2) is 24.3 Å². The topological polar surface area (TPSA) is 23.8 Å². The van der Waals surface area contributed by atoms with Crippen molar-refractivity contribution in [3.8, 4) is 6.07 Å². The quantitative estimate of drug-likeness (QED) is 0.720. The highest BCUT2D eigenvalue weighted by Gasteiger charge is 2.15. The lowest BCUT2D eigenvalue weighted by molar-refractivity contribution is 0.217. The Morgan fingerprint density at radius 3 is 2.14 bits per heavy atom. The van der Waals surface area contributed by atoms with Gasteiger partial charge in [0.1, 0.15) is 5.67 Å². The standard InChI is InChI=1S/C12H14FN/c1-12(2,13)9-11-5-3-10(4-6-11)7-8-14/h3-6H,7,9H2,1-2H3. The second kappa shape index (κ2) is 4.23. The van der Waals surface area contributed by atoms with Crippen LogP contribution in [0.1, 0.15) is 25.0 Å². The average Bonchev–Trinajstić information content (AvgIpc) is 2.06. The summed E-state index contributed by atoms with van der Waals surface area (Å²) >= 11 is 0. The molecule has 0 aromatic heterocycles. The molecule has 1 aromatic rings. The molecule has 0 aliphatic rings. The number of hydrogen-bond acceptors (Lipinski definition) is 1. The molecule has 0 fully saturated rings. The van der Waals surface area contributed by atoms with E-state index in [1.807, 2.05) is 24.3 Å². The Morgan fingerprint density at radius 2 is 1.71 bits per heavy atom. The van der Waals surface area contributed by atoms with Crippen molar-refractivity contribution in [2.45, 2.75) is 32.4 Å². The molecule has 0 saturated heterocycles. The molecule has 74 valence electrons. The first-order valence-corrected chi connectivity index (χ1v) is 4.65. The molecule has 2 heteroatoms. The van der Waals surface area contributed by atoms with E-state index in [4.69, 9.17) is 5.26 Å². The van der Waals surface area contributed by atoms with E-state index in [-0.39, 0.29) is 0 Å². The van der Waals surface area contributed by atoms with Crippen LogP contribution in [0.25, 0.3) is 0 Å². The molecule has 0 bridgehead atoms. The van der Waals surface area contributed by atoms with Gasteiger partial charge in [0.15, 0.2) is 0 Å². The maximum atomic E-state index is 13.3. The predicted octanol–water partition coefficient (Wildman–Crippen LogP) is 3.04. The maximum Gasteiger partial charge on any atom is 0.109 e. The van der Waals surface area contributed by atoms with Gasteiger partial charge in [-0.1, -0.05) is 24.3 Å². The first-order chi connectivity index (χ1) is 6.51. The molecule has 1 aromatic carbocycles. The average molecular weight is 191 g/mol. The fourth-order valence-electron chi connectivity index (χ4n) is 1.35. The number of nitrogens with zero attached hydrogens (tertiary/aromatic N) is 1. The summed E-state index contributed by atoms with van der Waals surface area (Å²) in [5, 5.41) is 8.47. The number of benzene rings is 1. The molecule has 0 heterocycles. The Labute approximate surface area is 84.2 Å². The molecule has 1 rings (SSSR count). The summed E-state index contributed by atoms with van der Waals surface area (Å²) < 4.78 is 13.3. The summed E-state index contributed by atoms with van der Waals surface area (Å²) in [6.07, 6.45) is 0.832. The molecule has 1 nitrogen and oxygen atoms in total. The van der Waals surface area contributed by atoms with Gasteiger partial charge >= 0.3 is 0 Å². The van der Waals surface area contributed by atoms with E-state index < -0.39 is 5.67 Å². The van der Waals surface area contributed by atoms with Gasteiger partial charge in [0, 0.05) is 6.42 Å². The molecular formula is C12H14FN. The summed E-state index contributed by atoms with van der Waals surface area (Å²) in [5.41, 5.74) is 0.781. The molecule has 0 unspecified atom stereocenters. The largest absolute Gasteiger partial charge is 0.244 e. The summed E-state index contributed by atoms with van der Waals surface area (Å²) in [7, 11) is 0. The third kappa shape index (κ3) is 3.57. The SMILES string of the molecule is CC(C)(F)Cc1ccc(CC#N)cc1. The van der Waals surface area contributed by atoms with Crippen molar-refractivity contribution in [2.75, 3.05) is 0 Å². The van der Waals surface area contributed by atoms with Crippen molar-refractivity contribution < 1.29 is 4.39 Å². The molecular weight excluding hydrogens is 177 g/mol. The molecule has 0 aliphatic heterocycles. The summed E-state index contributed by atoms with van der Waals surface area (Å²) in [6.45, 7) is 3.13. The minimum atomic E-state index is -1.17. The second-order valence-corrected chi connectivity index (χ2v) is 4.05. The smallest absolute Gasteiger partial charge is 0.109 e. The van der Waals surface area contributed by atoms with Gasteiger partial charge in [0.05, 0.1) is 12.5 Å². The van der Waals surface area contributed by atoms with Gasteiger partial charge in [-0.3, -0.25) is 0 Å². The minimum absolute atomic E-state index is 0.416. The van der Waals surface area contributed by atoms with Crippen molar-refractivity contribution >= 4 is 0 Å². The zero-order valence-corrected chi connectivity index (χ0v) is 8.55. The lowest BCUT2D eigenvalue weighted by Crippen LogP contribution is -2.15. The zero-order chi connectivity index (χ0) is 10.6. The van der Waals surface area contributed by atoms with Crippen LogP contribution < -0.4 is 0 Å². The normalized spacial score (nSPS) is 11.0. The molecule has 0 amide bonds. The van der Waals surface area contributed by atoms with Crippen molar-refractivity contribution in [1.29, 1.82) is 5.26 Å². The van der Waals surface area contributed by atoms with Gasteiger partial charge in [-0.2, -0.15) is 5.26 Å². The Hall–Kier alpha value is -1.36.